The first kappa shape index (κ1) is 10.5. The average Bonchev–Trinajstić information content (AvgIpc) is 2.57. The van der Waals surface area contributed by atoms with Crippen LogP contribution in [0.5, 0.6) is 0 Å². The summed E-state index contributed by atoms with van der Waals surface area (Å²) in [4.78, 5) is 11.6. The van der Waals surface area contributed by atoms with Crippen molar-refractivity contribution in [2.75, 3.05) is 7.11 Å². The molecule has 0 bridgehead atoms. The molecule has 0 radical (unpaired) electrons. The first-order chi connectivity index (χ1) is 6.06. The molecule has 3 heteroatoms. The van der Waals surface area contributed by atoms with Crippen LogP contribution in [0.4, 0.5) is 0 Å². The number of ether oxygens (including phenoxy) is 1. The average molecular weight is 185 g/mol. The molecule has 0 heterocycles. The molecule has 1 aliphatic rings. The van der Waals surface area contributed by atoms with Crippen LogP contribution in [0.25, 0.3) is 0 Å². The quantitative estimate of drug-likeness (QED) is 0.723. The van der Waals surface area contributed by atoms with Gasteiger partial charge < -0.3 is 10.1 Å². The van der Waals surface area contributed by atoms with Crippen LogP contribution in [0.1, 0.15) is 39.5 Å². The van der Waals surface area contributed by atoms with Gasteiger partial charge in [0.25, 0.3) is 5.91 Å². The fraction of sp³-hybridized carbons (Fsp3) is 0.900. The van der Waals surface area contributed by atoms with Gasteiger partial charge in [-0.25, -0.2) is 0 Å². The van der Waals surface area contributed by atoms with E-state index >= 15 is 0 Å². The number of hydrogen-bond donors (Lipinski definition) is 1. The van der Waals surface area contributed by atoms with E-state index in [1.54, 1.807) is 21.0 Å². The highest BCUT2D eigenvalue weighted by Crippen LogP contribution is 2.19. The summed E-state index contributed by atoms with van der Waals surface area (Å²) in [6, 6.07) is 0.377. The lowest BCUT2D eigenvalue weighted by Gasteiger charge is -2.24. The van der Waals surface area contributed by atoms with Gasteiger partial charge in [-0.1, -0.05) is 12.8 Å². The molecule has 0 aromatic heterocycles. The summed E-state index contributed by atoms with van der Waals surface area (Å²) in [7, 11) is 1.56. The molecule has 1 aliphatic carbocycles. The molecule has 1 N–H and O–H groups in total. The molecule has 0 saturated heterocycles. The summed E-state index contributed by atoms with van der Waals surface area (Å²) in [5.74, 6) is 0.00176. The van der Waals surface area contributed by atoms with Crippen molar-refractivity contribution in [1.82, 2.24) is 5.32 Å². The first-order valence-corrected chi connectivity index (χ1v) is 4.92. The topological polar surface area (TPSA) is 38.3 Å². The number of carbonyl (C=O) groups excluding carboxylic acids is 1. The SMILES string of the molecule is COC(C)(C)C(=O)NC1CCCC1. The standard InChI is InChI=1S/C10H19NO2/c1-10(2,13-3)9(12)11-8-6-4-5-7-8/h8H,4-7H2,1-3H3,(H,11,12). The van der Waals surface area contributed by atoms with Crippen molar-refractivity contribution in [2.24, 2.45) is 0 Å². The highest BCUT2D eigenvalue weighted by Gasteiger charge is 2.29. The summed E-state index contributed by atoms with van der Waals surface area (Å²) < 4.78 is 5.10. The second-order valence-electron chi connectivity index (χ2n) is 4.17. The molecule has 1 rings (SSSR count). The molecule has 0 aromatic carbocycles. The Morgan fingerprint density at radius 1 is 1.38 bits per heavy atom. The molecular weight excluding hydrogens is 166 g/mol. The third-order valence-electron chi connectivity index (χ3n) is 2.75. The van der Waals surface area contributed by atoms with Crippen molar-refractivity contribution in [3.63, 3.8) is 0 Å². The lowest BCUT2D eigenvalue weighted by molar-refractivity contribution is -0.140. The van der Waals surface area contributed by atoms with Crippen LogP contribution in [0.3, 0.4) is 0 Å². The smallest absolute Gasteiger partial charge is 0.251 e. The molecule has 1 amide bonds. The number of carbonyl (C=O) groups is 1. The third-order valence-corrected chi connectivity index (χ3v) is 2.75. The number of rotatable bonds is 3. The molecule has 0 aliphatic heterocycles. The maximum atomic E-state index is 11.6. The summed E-state index contributed by atoms with van der Waals surface area (Å²) >= 11 is 0. The second kappa shape index (κ2) is 4.09. The fourth-order valence-electron chi connectivity index (χ4n) is 1.52. The van der Waals surface area contributed by atoms with Gasteiger partial charge in [0.05, 0.1) is 0 Å². The molecular formula is C10H19NO2. The maximum absolute atomic E-state index is 11.6. The van der Waals surface area contributed by atoms with Gasteiger partial charge in [-0.05, 0) is 26.7 Å². The van der Waals surface area contributed by atoms with E-state index in [-0.39, 0.29) is 5.91 Å². The van der Waals surface area contributed by atoms with Crippen LogP contribution in [0.15, 0.2) is 0 Å². The Morgan fingerprint density at radius 3 is 2.38 bits per heavy atom. The summed E-state index contributed by atoms with van der Waals surface area (Å²) in [6.45, 7) is 3.58. The van der Waals surface area contributed by atoms with Crippen LogP contribution >= 0.6 is 0 Å². The van der Waals surface area contributed by atoms with Gasteiger partial charge in [0.1, 0.15) is 5.60 Å². The van der Waals surface area contributed by atoms with E-state index in [0.717, 1.165) is 12.8 Å². The Balaban J connectivity index is 2.39. The summed E-state index contributed by atoms with van der Waals surface area (Å²) in [5.41, 5.74) is -0.692. The number of amides is 1. The van der Waals surface area contributed by atoms with Gasteiger partial charge in [0.15, 0.2) is 0 Å². The minimum absolute atomic E-state index is 0.00176. The molecule has 76 valence electrons. The molecule has 0 atom stereocenters. The van der Waals surface area contributed by atoms with Gasteiger partial charge in [0, 0.05) is 13.2 Å². The summed E-state index contributed by atoms with van der Waals surface area (Å²) in [5, 5.41) is 3.01. The molecule has 3 nitrogen and oxygen atoms in total. The van der Waals surface area contributed by atoms with E-state index in [0.29, 0.717) is 6.04 Å². The largest absolute Gasteiger partial charge is 0.369 e. The van der Waals surface area contributed by atoms with Crippen LogP contribution < -0.4 is 5.32 Å². The van der Waals surface area contributed by atoms with Crippen molar-refractivity contribution in [1.29, 1.82) is 0 Å². The lowest BCUT2D eigenvalue weighted by atomic mass is 10.1. The maximum Gasteiger partial charge on any atom is 0.251 e. The number of nitrogens with one attached hydrogen (secondary N) is 1. The Morgan fingerprint density at radius 2 is 1.92 bits per heavy atom. The Labute approximate surface area is 79.8 Å². The van der Waals surface area contributed by atoms with Crippen molar-refractivity contribution in [2.45, 2.75) is 51.2 Å². The van der Waals surface area contributed by atoms with E-state index in [2.05, 4.69) is 5.32 Å². The predicted molar refractivity (Wildman–Crippen MR) is 51.5 cm³/mol. The lowest BCUT2D eigenvalue weighted by Crippen LogP contribution is -2.47. The van der Waals surface area contributed by atoms with E-state index in [1.807, 2.05) is 0 Å². The zero-order valence-electron chi connectivity index (χ0n) is 8.72. The summed E-state index contributed by atoms with van der Waals surface area (Å²) in [6.07, 6.45) is 4.70. The minimum atomic E-state index is -0.692. The Bertz CT molecular complexity index is 183. The van der Waals surface area contributed by atoms with Gasteiger partial charge in [-0.15, -0.1) is 0 Å². The molecule has 1 saturated carbocycles. The van der Waals surface area contributed by atoms with E-state index < -0.39 is 5.60 Å². The zero-order valence-corrected chi connectivity index (χ0v) is 8.72. The van der Waals surface area contributed by atoms with Crippen molar-refractivity contribution >= 4 is 5.91 Å². The van der Waals surface area contributed by atoms with Crippen molar-refractivity contribution in [3.05, 3.63) is 0 Å². The molecule has 1 fully saturated rings. The molecule has 0 aromatic rings. The van der Waals surface area contributed by atoms with E-state index in [4.69, 9.17) is 4.74 Å². The second-order valence-corrected chi connectivity index (χ2v) is 4.17. The molecule has 0 unspecified atom stereocenters. The van der Waals surface area contributed by atoms with Crippen LogP contribution in [-0.4, -0.2) is 24.7 Å². The predicted octanol–water partition coefficient (Wildman–Crippen LogP) is 1.47. The highest BCUT2D eigenvalue weighted by molar-refractivity contribution is 5.84. The normalized spacial score (nSPS) is 19.0. The Kier molecular flexibility index (Phi) is 3.31. The van der Waals surface area contributed by atoms with Crippen molar-refractivity contribution in [3.8, 4) is 0 Å². The van der Waals surface area contributed by atoms with Crippen molar-refractivity contribution < 1.29 is 9.53 Å². The Hall–Kier alpha value is -0.570. The van der Waals surface area contributed by atoms with E-state index in [1.165, 1.54) is 12.8 Å². The van der Waals surface area contributed by atoms with E-state index in [9.17, 15) is 4.79 Å². The third kappa shape index (κ3) is 2.69. The molecule has 13 heavy (non-hydrogen) atoms. The van der Waals surface area contributed by atoms with Gasteiger partial charge in [0.2, 0.25) is 0 Å². The van der Waals surface area contributed by atoms with Gasteiger partial charge >= 0.3 is 0 Å². The minimum Gasteiger partial charge on any atom is -0.369 e. The van der Waals surface area contributed by atoms with Gasteiger partial charge in [-0.3, -0.25) is 4.79 Å². The number of hydrogen-bond acceptors (Lipinski definition) is 2. The highest BCUT2D eigenvalue weighted by atomic mass is 16.5. The molecule has 0 spiro atoms. The van der Waals surface area contributed by atoms with Crippen LogP contribution in [0, 0.1) is 0 Å². The number of methoxy groups -OCH3 is 1. The fourth-order valence-corrected chi connectivity index (χ4v) is 1.52. The van der Waals surface area contributed by atoms with Gasteiger partial charge in [-0.2, -0.15) is 0 Å². The zero-order chi connectivity index (χ0) is 9.90. The van der Waals surface area contributed by atoms with Crippen LogP contribution in [0.2, 0.25) is 0 Å². The van der Waals surface area contributed by atoms with Crippen LogP contribution in [-0.2, 0) is 9.53 Å². The first-order valence-electron chi connectivity index (χ1n) is 4.92. The monoisotopic (exact) mass is 185 g/mol.